The molecule has 2 N–H and O–H groups in total. The lowest BCUT2D eigenvalue weighted by molar-refractivity contribution is 0.368. The number of ether oxygens (including phenoxy) is 1. The van der Waals surface area contributed by atoms with Crippen LogP contribution in [0.2, 0.25) is 0 Å². The van der Waals surface area contributed by atoms with E-state index in [-0.39, 0.29) is 11.2 Å². The molecule has 0 amide bonds. The van der Waals surface area contributed by atoms with E-state index in [9.17, 15) is 5.11 Å². The topological polar surface area (TPSA) is 41.5 Å². The van der Waals surface area contributed by atoms with Crippen molar-refractivity contribution >= 4 is 0 Å². The Kier molecular flexibility index (Phi) is 4.86. The third-order valence-electron chi connectivity index (χ3n) is 3.74. The average molecular weight is 285 g/mol. The second-order valence-corrected chi connectivity index (χ2v) is 5.82. The molecule has 0 aromatic heterocycles. The van der Waals surface area contributed by atoms with Crippen LogP contribution in [0.1, 0.15) is 25.0 Å². The molecule has 0 saturated heterocycles. The predicted molar refractivity (Wildman–Crippen MR) is 85.8 cm³/mol. The van der Waals surface area contributed by atoms with Crippen LogP contribution in [-0.4, -0.2) is 18.8 Å². The van der Waals surface area contributed by atoms with Crippen molar-refractivity contribution in [1.82, 2.24) is 5.32 Å². The summed E-state index contributed by atoms with van der Waals surface area (Å²) in [5.41, 5.74) is 2.18. The molecule has 3 nitrogen and oxygen atoms in total. The van der Waals surface area contributed by atoms with Gasteiger partial charge in [-0.05, 0) is 11.6 Å². The van der Waals surface area contributed by atoms with Crippen molar-refractivity contribution in [2.75, 3.05) is 13.7 Å². The smallest absolute Gasteiger partial charge is 0.162 e. The summed E-state index contributed by atoms with van der Waals surface area (Å²) in [5.74, 6) is 0.724. The first kappa shape index (κ1) is 15.4. The SMILES string of the molecule is COc1cccc(CNCC(C)(C)c2ccccc2)c1O. The molecule has 0 fully saturated rings. The summed E-state index contributed by atoms with van der Waals surface area (Å²) in [6.45, 7) is 5.86. The van der Waals surface area contributed by atoms with Crippen molar-refractivity contribution in [3.8, 4) is 11.5 Å². The predicted octanol–water partition coefficient (Wildman–Crippen LogP) is 3.47. The highest BCUT2D eigenvalue weighted by atomic mass is 16.5. The first-order valence-corrected chi connectivity index (χ1v) is 7.15. The molecule has 0 aliphatic rings. The van der Waals surface area contributed by atoms with Crippen molar-refractivity contribution in [3.63, 3.8) is 0 Å². The molecule has 112 valence electrons. The number of aromatic hydroxyl groups is 1. The fourth-order valence-electron chi connectivity index (χ4n) is 2.38. The van der Waals surface area contributed by atoms with Crippen LogP contribution in [0, 0.1) is 0 Å². The van der Waals surface area contributed by atoms with E-state index in [2.05, 4.69) is 43.4 Å². The van der Waals surface area contributed by atoms with Crippen LogP contribution in [0.25, 0.3) is 0 Å². The van der Waals surface area contributed by atoms with Gasteiger partial charge < -0.3 is 15.2 Å². The summed E-state index contributed by atoms with van der Waals surface area (Å²) in [6, 6.07) is 16.0. The highest BCUT2D eigenvalue weighted by molar-refractivity contribution is 5.45. The van der Waals surface area contributed by atoms with Crippen molar-refractivity contribution in [1.29, 1.82) is 0 Å². The highest BCUT2D eigenvalue weighted by Crippen LogP contribution is 2.29. The largest absolute Gasteiger partial charge is 0.504 e. The highest BCUT2D eigenvalue weighted by Gasteiger charge is 2.19. The molecular weight excluding hydrogens is 262 g/mol. The van der Waals surface area contributed by atoms with Gasteiger partial charge in [0, 0.05) is 24.1 Å². The molecule has 21 heavy (non-hydrogen) atoms. The zero-order chi connectivity index (χ0) is 15.3. The monoisotopic (exact) mass is 285 g/mol. The average Bonchev–Trinajstić information content (AvgIpc) is 2.50. The van der Waals surface area contributed by atoms with E-state index in [1.54, 1.807) is 13.2 Å². The van der Waals surface area contributed by atoms with Gasteiger partial charge in [0.05, 0.1) is 7.11 Å². The number of hydrogen-bond donors (Lipinski definition) is 2. The van der Waals surface area contributed by atoms with E-state index in [0.29, 0.717) is 12.3 Å². The molecule has 2 rings (SSSR count). The number of nitrogens with one attached hydrogen (secondary N) is 1. The minimum Gasteiger partial charge on any atom is -0.504 e. The van der Waals surface area contributed by atoms with Crippen molar-refractivity contribution in [2.45, 2.75) is 25.8 Å². The summed E-state index contributed by atoms with van der Waals surface area (Å²) in [5, 5.41) is 13.5. The Bertz CT molecular complexity index is 579. The first-order chi connectivity index (χ1) is 10.0. The molecule has 0 radical (unpaired) electrons. The van der Waals surface area contributed by atoms with Gasteiger partial charge >= 0.3 is 0 Å². The summed E-state index contributed by atoms with van der Waals surface area (Å²) < 4.78 is 5.12. The van der Waals surface area contributed by atoms with E-state index < -0.39 is 0 Å². The summed E-state index contributed by atoms with van der Waals surface area (Å²) in [4.78, 5) is 0. The number of methoxy groups -OCH3 is 1. The Balaban J connectivity index is 1.98. The molecule has 0 aliphatic heterocycles. The van der Waals surface area contributed by atoms with Gasteiger partial charge in [-0.15, -0.1) is 0 Å². The Morgan fingerprint density at radius 3 is 2.43 bits per heavy atom. The van der Waals surface area contributed by atoms with Crippen LogP contribution < -0.4 is 10.1 Å². The fraction of sp³-hybridized carbons (Fsp3) is 0.333. The zero-order valence-electron chi connectivity index (χ0n) is 12.9. The van der Waals surface area contributed by atoms with Crippen LogP contribution in [0.15, 0.2) is 48.5 Å². The molecule has 0 saturated carbocycles. The van der Waals surface area contributed by atoms with E-state index in [4.69, 9.17) is 4.74 Å². The molecule has 0 atom stereocenters. The minimum absolute atomic E-state index is 0.0374. The number of rotatable bonds is 6. The maximum absolute atomic E-state index is 10.1. The Hall–Kier alpha value is -2.00. The summed E-state index contributed by atoms with van der Waals surface area (Å²) >= 11 is 0. The lowest BCUT2D eigenvalue weighted by Crippen LogP contribution is -2.32. The maximum Gasteiger partial charge on any atom is 0.162 e. The number of para-hydroxylation sites is 1. The van der Waals surface area contributed by atoms with Crippen LogP contribution in [0.5, 0.6) is 11.5 Å². The molecule has 0 bridgehead atoms. The van der Waals surface area contributed by atoms with Crippen molar-refractivity contribution in [2.24, 2.45) is 0 Å². The molecule has 0 heterocycles. The zero-order valence-corrected chi connectivity index (χ0v) is 12.9. The number of hydrogen-bond acceptors (Lipinski definition) is 3. The van der Waals surface area contributed by atoms with Gasteiger partial charge in [-0.1, -0.05) is 56.3 Å². The fourth-order valence-corrected chi connectivity index (χ4v) is 2.38. The molecular formula is C18H23NO2. The van der Waals surface area contributed by atoms with Crippen LogP contribution in [0.3, 0.4) is 0 Å². The Morgan fingerprint density at radius 2 is 1.76 bits per heavy atom. The van der Waals surface area contributed by atoms with Gasteiger partial charge in [0.1, 0.15) is 0 Å². The van der Waals surface area contributed by atoms with Gasteiger partial charge in [-0.3, -0.25) is 0 Å². The lowest BCUT2D eigenvalue weighted by Gasteiger charge is -2.26. The molecule has 0 spiro atoms. The van der Waals surface area contributed by atoms with Crippen molar-refractivity contribution in [3.05, 3.63) is 59.7 Å². The van der Waals surface area contributed by atoms with E-state index in [1.807, 2.05) is 18.2 Å². The molecule has 2 aromatic rings. The van der Waals surface area contributed by atoms with Gasteiger partial charge in [0.2, 0.25) is 0 Å². The van der Waals surface area contributed by atoms with Crippen LogP contribution in [-0.2, 0) is 12.0 Å². The Labute approximate surface area is 126 Å². The van der Waals surface area contributed by atoms with Gasteiger partial charge in [-0.25, -0.2) is 0 Å². The quantitative estimate of drug-likeness (QED) is 0.854. The van der Waals surface area contributed by atoms with Crippen LogP contribution in [0.4, 0.5) is 0 Å². The van der Waals surface area contributed by atoms with Gasteiger partial charge in [0.25, 0.3) is 0 Å². The second-order valence-electron chi connectivity index (χ2n) is 5.82. The van der Waals surface area contributed by atoms with Crippen molar-refractivity contribution < 1.29 is 9.84 Å². The maximum atomic E-state index is 10.1. The summed E-state index contributed by atoms with van der Waals surface area (Å²) in [7, 11) is 1.56. The second kappa shape index (κ2) is 6.64. The van der Waals surface area contributed by atoms with E-state index in [1.165, 1.54) is 5.56 Å². The first-order valence-electron chi connectivity index (χ1n) is 7.15. The van der Waals surface area contributed by atoms with Crippen LogP contribution >= 0.6 is 0 Å². The lowest BCUT2D eigenvalue weighted by atomic mass is 9.84. The van der Waals surface area contributed by atoms with E-state index in [0.717, 1.165) is 12.1 Å². The standard InChI is InChI=1S/C18H23NO2/c1-18(2,15-9-5-4-6-10-15)13-19-12-14-8-7-11-16(21-3)17(14)20/h4-11,19-20H,12-13H2,1-3H3. The molecule has 2 aromatic carbocycles. The number of benzene rings is 2. The van der Waals surface area contributed by atoms with Gasteiger partial charge in [0.15, 0.2) is 11.5 Å². The van der Waals surface area contributed by atoms with Gasteiger partial charge in [-0.2, -0.15) is 0 Å². The molecule has 0 unspecified atom stereocenters. The third kappa shape index (κ3) is 3.76. The molecule has 0 aliphatic carbocycles. The minimum atomic E-state index is 0.0374. The summed E-state index contributed by atoms with van der Waals surface area (Å²) in [6.07, 6.45) is 0. The Morgan fingerprint density at radius 1 is 1.05 bits per heavy atom. The number of phenols is 1. The van der Waals surface area contributed by atoms with E-state index >= 15 is 0 Å². The molecule has 3 heteroatoms. The third-order valence-corrected chi connectivity index (χ3v) is 3.74. The normalized spacial score (nSPS) is 11.4. The number of phenolic OH excluding ortho intramolecular Hbond substituents is 1.